The summed E-state index contributed by atoms with van der Waals surface area (Å²) < 4.78 is 1.80. The summed E-state index contributed by atoms with van der Waals surface area (Å²) in [5, 5.41) is 17.8. The molecule has 1 N–H and O–H groups in total. The summed E-state index contributed by atoms with van der Waals surface area (Å²) >= 11 is 0. The minimum Gasteiger partial charge on any atom is -0.271 e. The molecule has 7 heteroatoms. The molecule has 0 saturated carbocycles. The van der Waals surface area contributed by atoms with Crippen molar-refractivity contribution >= 4 is 29.0 Å². The maximum atomic E-state index is 8.79. The number of nitriles is 1. The average molecular weight is 415 g/mol. The number of aliphatic imine (C=N–C) groups is 1. The predicted octanol–water partition coefficient (Wildman–Crippen LogP) is 3.94. The zero-order valence-electron chi connectivity index (χ0n) is 14.6. The zero-order valence-corrected chi connectivity index (χ0v) is 16.3. The monoisotopic (exact) mass is 414 g/mol. The SMILES string of the molecule is Br.N#CCCn1cc(C=NNC2=NCCCCC2)c(-c2ccccc2)n1. The second kappa shape index (κ2) is 10.5. The maximum absolute atomic E-state index is 8.79. The molecular weight excluding hydrogens is 392 g/mol. The molecule has 1 aromatic carbocycles. The van der Waals surface area contributed by atoms with Gasteiger partial charge in [0.05, 0.1) is 25.2 Å². The number of hydrogen-bond donors (Lipinski definition) is 1. The van der Waals surface area contributed by atoms with E-state index in [1.807, 2.05) is 36.5 Å². The highest BCUT2D eigenvalue weighted by molar-refractivity contribution is 8.93. The van der Waals surface area contributed by atoms with Crippen LogP contribution < -0.4 is 5.43 Å². The van der Waals surface area contributed by atoms with Gasteiger partial charge < -0.3 is 0 Å². The first-order chi connectivity index (χ1) is 12.4. The molecule has 0 atom stereocenters. The van der Waals surface area contributed by atoms with Crippen molar-refractivity contribution in [1.82, 2.24) is 15.2 Å². The second-order valence-electron chi connectivity index (χ2n) is 5.98. The first-order valence-corrected chi connectivity index (χ1v) is 8.69. The van der Waals surface area contributed by atoms with Crippen LogP contribution in [0, 0.1) is 11.3 Å². The molecule has 1 aliphatic heterocycles. The third-order valence-electron chi connectivity index (χ3n) is 4.06. The summed E-state index contributed by atoms with van der Waals surface area (Å²) in [6, 6.07) is 12.2. The quantitative estimate of drug-likeness (QED) is 0.594. The van der Waals surface area contributed by atoms with Crippen LogP contribution in [0.4, 0.5) is 0 Å². The number of hydrazone groups is 1. The van der Waals surface area contributed by atoms with Crippen LogP contribution in [-0.2, 0) is 6.54 Å². The van der Waals surface area contributed by atoms with Crippen molar-refractivity contribution in [3.05, 3.63) is 42.1 Å². The third kappa shape index (κ3) is 5.53. The van der Waals surface area contributed by atoms with E-state index < -0.39 is 0 Å². The van der Waals surface area contributed by atoms with E-state index in [-0.39, 0.29) is 17.0 Å². The molecule has 0 bridgehead atoms. The van der Waals surface area contributed by atoms with Gasteiger partial charge in [-0.1, -0.05) is 36.8 Å². The smallest absolute Gasteiger partial charge is 0.117 e. The predicted molar refractivity (Wildman–Crippen MR) is 110 cm³/mol. The minimum absolute atomic E-state index is 0. The van der Waals surface area contributed by atoms with Gasteiger partial charge >= 0.3 is 0 Å². The molecule has 0 spiro atoms. The van der Waals surface area contributed by atoms with Crippen LogP contribution in [0.25, 0.3) is 11.3 Å². The van der Waals surface area contributed by atoms with Crippen molar-refractivity contribution in [2.24, 2.45) is 10.1 Å². The molecule has 0 amide bonds. The average Bonchev–Trinajstić information content (AvgIpc) is 2.87. The highest BCUT2D eigenvalue weighted by atomic mass is 79.9. The summed E-state index contributed by atoms with van der Waals surface area (Å²) in [7, 11) is 0. The molecule has 26 heavy (non-hydrogen) atoms. The Morgan fingerprint density at radius 3 is 2.88 bits per heavy atom. The van der Waals surface area contributed by atoms with Crippen LogP contribution in [0.1, 0.15) is 37.7 Å². The fourth-order valence-corrected chi connectivity index (χ4v) is 2.77. The number of rotatable bonds is 5. The molecule has 2 aromatic rings. The molecule has 2 heterocycles. The van der Waals surface area contributed by atoms with Gasteiger partial charge in [-0.15, -0.1) is 17.0 Å². The van der Waals surface area contributed by atoms with E-state index >= 15 is 0 Å². The highest BCUT2D eigenvalue weighted by Gasteiger charge is 2.10. The number of hydrogen-bond acceptors (Lipinski definition) is 5. The minimum atomic E-state index is 0. The van der Waals surface area contributed by atoms with Gasteiger partial charge in [0.1, 0.15) is 11.5 Å². The van der Waals surface area contributed by atoms with Crippen LogP contribution in [0.3, 0.4) is 0 Å². The number of nitrogens with zero attached hydrogens (tertiary/aromatic N) is 5. The number of benzene rings is 1. The molecular formula is C19H23BrN6. The molecule has 3 rings (SSSR count). The van der Waals surface area contributed by atoms with Gasteiger partial charge in [0.2, 0.25) is 0 Å². The number of aryl methyl sites for hydroxylation is 1. The van der Waals surface area contributed by atoms with Gasteiger partial charge in [0.15, 0.2) is 0 Å². The number of aromatic nitrogens is 2. The fraction of sp³-hybridized carbons (Fsp3) is 0.368. The van der Waals surface area contributed by atoms with Crippen LogP contribution >= 0.6 is 17.0 Å². The van der Waals surface area contributed by atoms with E-state index in [1.165, 1.54) is 6.42 Å². The van der Waals surface area contributed by atoms with Crippen LogP contribution in [0.2, 0.25) is 0 Å². The second-order valence-corrected chi connectivity index (χ2v) is 5.98. The summed E-state index contributed by atoms with van der Waals surface area (Å²) in [6.07, 6.45) is 8.63. The Morgan fingerprint density at radius 2 is 2.08 bits per heavy atom. The molecule has 6 nitrogen and oxygen atoms in total. The molecule has 1 aliphatic rings. The van der Waals surface area contributed by atoms with Gasteiger partial charge in [-0.05, 0) is 12.8 Å². The summed E-state index contributed by atoms with van der Waals surface area (Å²) in [4.78, 5) is 4.52. The van der Waals surface area contributed by atoms with E-state index in [0.29, 0.717) is 13.0 Å². The van der Waals surface area contributed by atoms with Gasteiger partial charge in [-0.25, -0.2) is 0 Å². The van der Waals surface area contributed by atoms with E-state index in [0.717, 1.165) is 48.5 Å². The van der Waals surface area contributed by atoms with Crippen LogP contribution in [0.15, 0.2) is 46.6 Å². The Hall–Kier alpha value is -2.46. The van der Waals surface area contributed by atoms with E-state index in [9.17, 15) is 0 Å². The number of halogens is 1. The molecule has 1 aromatic heterocycles. The standard InChI is InChI=1S/C19H22N6.BrH/c20-11-7-13-25-15-17(19(24-25)16-8-3-1-4-9-16)14-22-23-18-10-5-2-6-12-21-18;/h1,3-4,8-9,14-15H,2,5-7,10,12-13H2,(H,21,23);1H. The van der Waals surface area contributed by atoms with Gasteiger partial charge in [0, 0.05) is 30.3 Å². The van der Waals surface area contributed by atoms with Crippen LogP contribution in [0.5, 0.6) is 0 Å². The van der Waals surface area contributed by atoms with Crippen molar-refractivity contribution in [1.29, 1.82) is 5.26 Å². The largest absolute Gasteiger partial charge is 0.271 e. The Balaban J connectivity index is 0.00000243. The lowest BCUT2D eigenvalue weighted by molar-refractivity contribution is 0.629. The van der Waals surface area contributed by atoms with Crippen molar-refractivity contribution in [3.8, 4) is 17.3 Å². The Morgan fingerprint density at radius 1 is 1.23 bits per heavy atom. The molecule has 0 fully saturated rings. The molecule has 0 radical (unpaired) electrons. The lowest BCUT2D eigenvalue weighted by Crippen LogP contribution is -2.17. The third-order valence-corrected chi connectivity index (χ3v) is 4.06. The maximum Gasteiger partial charge on any atom is 0.117 e. The Kier molecular flexibility index (Phi) is 8.03. The lowest BCUT2D eigenvalue weighted by Gasteiger charge is -2.02. The van der Waals surface area contributed by atoms with Gasteiger partial charge in [-0.3, -0.25) is 15.1 Å². The summed E-state index contributed by atoms with van der Waals surface area (Å²) in [6.45, 7) is 1.45. The first kappa shape index (κ1) is 19.9. The summed E-state index contributed by atoms with van der Waals surface area (Å²) in [5.74, 6) is 0.951. The van der Waals surface area contributed by atoms with E-state index in [2.05, 4.69) is 26.7 Å². The molecule has 0 saturated heterocycles. The van der Waals surface area contributed by atoms with Gasteiger partial charge in [0.25, 0.3) is 0 Å². The Labute approximate surface area is 164 Å². The van der Waals surface area contributed by atoms with E-state index in [1.54, 1.807) is 10.9 Å². The molecule has 136 valence electrons. The van der Waals surface area contributed by atoms with Crippen molar-refractivity contribution in [2.45, 2.75) is 38.6 Å². The fourth-order valence-electron chi connectivity index (χ4n) is 2.77. The summed E-state index contributed by atoms with van der Waals surface area (Å²) in [5.41, 5.74) is 5.89. The Bertz CT molecular complexity index is 788. The van der Waals surface area contributed by atoms with Crippen molar-refractivity contribution < 1.29 is 0 Å². The first-order valence-electron chi connectivity index (χ1n) is 8.69. The lowest BCUT2D eigenvalue weighted by atomic mass is 10.1. The van der Waals surface area contributed by atoms with Crippen molar-refractivity contribution in [3.63, 3.8) is 0 Å². The van der Waals surface area contributed by atoms with Crippen molar-refractivity contribution in [2.75, 3.05) is 6.54 Å². The van der Waals surface area contributed by atoms with Gasteiger partial charge in [-0.2, -0.15) is 15.5 Å². The highest BCUT2D eigenvalue weighted by Crippen LogP contribution is 2.20. The van der Waals surface area contributed by atoms with E-state index in [4.69, 9.17) is 5.26 Å². The normalized spacial score (nSPS) is 14.2. The number of nitrogens with one attached hydrogen (secondary N) is 1. The zero-order chi connectivity index (χ0) is 17.3. The van der Waals surface area contributed by atoms with Crippen LogP contribution in [-0.4, -0.2) is 28.4 Å². The molecule has 0 unspecified atom stereocenters. The topological polar surface area (TPSA) is 78.4 Å². The number of amidine groups is 1. The molecule has 0 aliphatic carbocycles.